The molecule has 0 aliphatic rings. The number of nitrogens with two attached hydrogens (primary N) is 1. The molecule has 0 unspecified atom stereocenters. The van der Waals surface area contributed by atoms with Gasteiger partial charge in [-0.3, -0.25) is 0 Å². The average Bonchev–Trinajstić information content (AvgIpc) is 2.71. The maximum Gasteiger partial charge on any atom is 1.00 e. The molecule has 0 atom stereocenters. The van der Waals surface area contributed by atoms with E-state index in [9.17, 15) is 25.9 Å². The van der Waals surface area contributed by atoms with E-state index in [1.807, 2.05) is 0 Å². The van der Waals surface area contributed by atoms with E-state index in [1.165, 1.54) is 18.2 Å². The van der Waals surface area contributed by atoms with Crippen LogP contribution in [0.3, 0.4) is 0 Å². The molecule has 0 saturated heterocycles. The van der Waals surface area contributed by atoms with Gasteiger partial charge in [-0.15, -0.1) is 10.2 Å². The Hall–Kier alpha value is -1.38. The molecule has 0 aliphatic heterocycles. The van der Waals surface area contributed by atoms with Gasteiger partial charge in [-0.05, 0) is 18.2 Å². The first-order valence-corrected chi connectivity index (χ1v) is 11.6. The number of azo groups is 1. The third kappa shape index (κ3) is 5.65. The Balaban J connectivity index is 0.00000193. The van der Waals surface area contributed by atoms with E-state index in [0.717, 1.165) is 12.1 Å². The topological polar surface area (TPSA) is 165 Å². The van der Waals surface area contributed by atoms with Crippen LogP contribution in [0.5, 0.6) is 0 Å². The molecule has 0 radical (unpaired) electrons. The Bertz CT molecular complexity index is 1610. The molecule has 0 spiro atoms. The second kappa shape index (κ2) is 10.5. The number of hydrogen-bond donors (Lipinski definition) is 1. The van der Waals surface area contributed by atoms with Crippen molar-refractivity contribution in [1.29, 1.82) is 0 Å². The largest absolute Gasteiger partial charge is 1.00 e. The van der Waals surface area contributed by atoms with Crippen LogP contribution >= 0.6 is 0 Å². The number of fused-ring (bicyclic) bond motifs is 2. The summed E-state index contributed by atoms with van der Waals surface area (Å²) in [6, 6.07) is 15.9. The van der Waals surface area contributed by atoms with E-state index >= 15 is 0 Å². The SMILES string of the molecule is Nc1c(N=Nc2ccc(S(=O)(=O)[O-])c3ccccc23)cc(S(=O)(=O)[O-])c2ccccc12.[Na+].[Na+]. The normalized spacial score (nSPS) is 11.9. The van der Waals surface area contributed by atoms with Gasteiger partial charge in [0.05, 0.1) is 21.2 Å². The zero-order valence-electron chi connectivity index (χ0n) is 17.6. The Kier molecular flexibility index (Phi) is 8.85. The minimum absolute atomic E-state index is 0. The third-order valence-electron chi connectivity index (χ3n) is 4.69. The Labute approximate surface area is 234 Å². The molecule has 2 N–H and O–H groups in total. The summed E-state index contributed by atoms with van der Waals surface area (Å²) in [7, 11) is -9.53. The van der Waals surface area contributed by atoms with Crippen LogP contribution in [0, 0.1) is 0 Å². The van der Waals surface area contributed by atoms with Crippen LogP contribution in [-0.2, 0) is 20.2 Å². The average molecular weight is 501 g/mol. The predicted octanol–water partition coefficient (Wildman–Crippen LogP) is -2.19. The standard InChI is InChI=1S/C20H15N3O6S2.2Na/c21-20-15-8-4-3-7-14(15)19(31(27,28)29)11-17(20)23-22-16-9-10-18(30(24,25)26)13-6-2-1-5-12(13)16;;/h1-11H,21H2,(H,24,25,26)(H,27,28,29);;/q;2*+1/p-2. The van der Waals surface area contributed by atoms with Crippen molar-refractivity contribution in [3.05, 3.63) is 66.7 Å². The number of hydrogen-bond acceptors (Lipinski definition) is 9. The summed E-state index contributed by atoms with van der Waals surface area (Å²) in [6.07, 6.45) is 0. The van der Waals surface area contributed by atoms with Crippen LogP contribution in [0.4, 0.5) is 17.1 Å². The maximum absolute atomic E-state index is 11.7. The van der Waals surface area contributed by atoms with Gasteiger partial charge < -0.3 is 14.8 Å². The number of rotatable bonds is 4. The minimum atomic E-state index is -4.82. The molecule has 0 aliphatic carbocycles. The minimum Gasteiger partial charge on any atom is -0.744 e. The van der Waals surface area contributed by atoms with Crippen molar-refractivity contribution in [2.24, 2.45) is 10.2 Å². The molecule has 0 saturated carbocycles. The molecular formula is C20H13N3Na2O6S2. The Morgan fingerprint density at radius 3 is 1.61 bits per heavy atom. The summed E-state index contributed by atoms with van der Waals surface area (Å²) in [5, 5.41) is 9.09. The van der Waals surface area contributed by atoms with Gasteiger partial charge >= 0.3 is 59.1 Å². The summed E-state index contributed by atoms with van der Waals surface area (Å²) in [5.41, 5.74) is 6.42. The summed E-state index contributed by atoms with van der Waals surface area (Å²) in [4.78, 5) is -0.879. The zero-order chi connectivity index (χ0) is 22.4. The molecule has 0 fully saturated rings. The fourth-order valence-corrected chi connectivity index (χ4v) is 4.69. The molecule has 4 aromatic rings. The van der Waals surface area contributed by atoms with Crippen LogP contribution in [-0.4, -0.2) is 25.9 Å². The molecule has 158 valence electrons. The van der Waals surface area contributed by atoms with Gasteiger partial charge in [-0.2, -0.15) is 0 Å². The van der Waals surface area contributed by atoms with E-state index in [-0.39, 0.29) is 86.9 Å². The van der Waals surface area contributed by atoms with Crippen LogP contribution < -0.4 is 64.8 Å². The molecule has 9 nitrogen and oxygen atoms in total. The van der Waals surface area contributed by atoms with Gasteiger partial charge in [0, 0.05) is 21.5 Å². The van der Waals surface area contributed by atoms with Crippen molar-refractivity contribution in [2.75, 3.05) is 5.73 Å². The van der Waals surface area contributed by atoms with Crippen molar-refractivity contribution < 1.29 is 85.1 Å². The predicted molar refractivity (Wildman–Crippen MR) is 112 cm³/mol. The van der Waals surface area contributed by atoms with Gasteiger partial charge in [-0.1, -0.05) is 48.5 Å². The van der Waals surface area contributed by atoms with Gasteiger partial charge in [0.1, 0.15) is 25.9 Å². The molecule has 0 aromatic heterocycles. The fourth-order valence-electron chi connectivity index (χ4n) is 3.31. The van der Waals surface area contributed by atoms with Gasteiger partial charge in [-0.25, -0.2) is 16.8 Å². The Morgan fingerprint density at radius 2 is 1.06 bits per heavy atom. The quantitative estimate of drug-likeness (QED) is 0.144. The van der Waals surface area contributed by atoms with Gasteiger partial charge in [0.25, 0.3) is 0 Å². The van der Waals surface area contributed by atoms with E-state index < -0.39 is 30.0 Å². The van der Waals surface area contributed by atoms with E-state index in [1.54, 1.807) is 36.4 Å². The number of nitrogen functional groups attached to an aromatic ring is 1. The van der Waals surface area contributed by atoms with Crippen molar-refractivity contribution >= 4 is 58.8 Å². The van der Waals surface area contributed by atoms with Crippen LogP contribution in [0.2, 0.25) is 0 Å². The molecular weight excluding hydrogens is 488 g/mol. The van der Waals surface area contributed by atoms with Crippen LogP contribution in [0.25, 0.3) is 21.5 Å². The Morgan fingerprint density at radius 1 is 0.606 bits per heavy atom. The molecule has 0 bridgehead atoms. The molecule has 4 aromatic carbocycles. The summed E-state index contributed by atoms with van der Waals surface area (Å²) >= 11 is 0. The van der Waals surface area contributed by atoms with Gasteiger partial charge in [0.2, 0.25) is 0 Å². The van der Waals surface area contributed by atoms with Crippen molar-refractivity contribution in [2.45, 2.75) is 9.79 Å². The van der Waals surface area contributed by atoms with Crippen molar-refractivity contribution in [3.63, 3.8) is 0 Å². The monoisotopic (exact) mass is 501 g/mol. The number of anilines is 1. The maximum atomic E-state index is 11.7. The zero-order valence-corrected chi connectivity index (χ0v) is 23.2. The van der Waals surface area contributed by atoms with Crippen LogP contribution in [0.15, 0.2) is 86.7 Å². The first-order valence-electron chi connectivity index (χ1n) is 8.74. The molecule has 0 amide bonds. The molecule has 33 heavy (non-hydrogen) atoms. The second-order valence-electron chi connectivity index (χ2n) is 6.59. The summed E-state index contributed by atoms with van der Waals surface area (Å²) < 4.78 is 69.8. The third-order valence-corrected chi connectivity index (χ3v) is 6.46. The first kappa shape index (κ1) is 27.9. The first-order chi connectivity index (χ1) is 14.6. The smallest absolute Gasteiger partial charge is 0.744 e. The molecule has 4 rings (SSSR count). The van der Waals surface area contributed by atoms with Crippen molar-refractivity contribution in [1.82, 2.24) is 0 Å². The second-order valence-corrected chi connectivity index (χ2v) is 9.29. The number of nitrogens with zero attached hydrogens (tertiary/aromatic N) is 2. The molecule has 13 heteroatoms. The van der Waals surface area contributed by atoms with Crippen molar-refractivity contribution in [3.8, 4) is 0 Å². The summed E-state index contributed by atoms with van der Waals surface area (Å²) in [5.74, 6) is 0. The molecule has 0 heterocycles. The van der Waals surface area contributed by atoms with Crippen LogP contribution in [0.1, 0.15) is 0 Å². The number of benzene rings is 4. The van der Waals surface area contributed by atoms with Gasteiger partial charge in [0.15, 0.2) is 0 Å². The van der Waals surface area contributed by atoms with E-state index in [0.29, 0.717) is 10.8 Å². The fraction of sp³-hybridized carbons (Fsp3) is 0. The van der Waals surface area contributed by atoms with E-state index in [4.69, 9.17) is 5.73 Å². The summed E-state index contributed by atoms with van der Waals surface area (Å²) in [6.45, 7) is 0. The van der Waals surface area contributed by atoms with E-state index in [2.05, 4.69) is 10.2 Å².